The minimum absolute atomic E-state index is 0.386. The first-order chi connectivity index (χ1) is 8.08. The fourth-order valence-corrected chi connectivity index (χ4v) is 4.00. The molecule has 4 heteroatoms. The second-order valence-electron chi connectivity index (χ2n) is 5.04. The van der Waals surface area contributed by atoms with Crippen LogP contribution in [0.4, 0.5) is 0 Å². The Labute approximate surface area is 116 Å². The van der Waals surface area contributed by atoms with Gasteiger partial charge in [0.25, 0.3) is 0 Å². The van der Waals surface area contributed by atoms with Crippen molar-refractivity contribution in [2.75, 3.05) is 13.1 Å². The molecule has 0 aliphatic carbocycles. The van der Waals surface area contributed by atoms with Crippen LogP contribution in [0.1, 0.15) is 25.1 Å². The van der Waals surface area contributed by atoms with Gasteiger partial charge in [-0.2, -0.15) is 0 Å². The van der Waals surface area contributed by atoms with Gasteiger partial charge in [0.1, 0.15) is 0 Å². The molecule has 1 fully saturated rings. The molecule has 2 rings (SSSR count). The second-order valence-corrected chi connectivity index (χ2v) is 7.59. The molecule has 2 heterocycles. The average molecular weight is 317 g/mol. The number of nitrogens with zero attached hydrogens (tertiary/aromatic N) is 1. The van der Waals surface area contributed by atoms with Crippen LogP contribution in [0.5, 0.6) is 0 Å². The summed E-state index contributed by atoms with van der Waals surface area (Å²) in [5, 5.41) is 0. The summed E-state index contributed by atoms with van der Waals surface area (Å²) in [6.45, 7) is 6.90. The Hall–Kier alpha value is 0.1000. The molecule has 2 N–H and O–H groups in total. The first-order valence-corrected chi connectivity index (χ1v) is 7.92. The third-order valence-corrected chi connectivity index (χ3v) is 5.72. The van der Waals surface area contributed by atoms with E-state index >= 15 is 0 Å². The molecule has 0 bridgehead atoms. The van der Waals surface area contributed by atoms with Gasteiger partial charge < -0.3 is 5.73 Å². The van der Waals surface area contributed by atoms with Crippen LogP contribution in [0.2, 0.25) is 0 Å². The molecule has 0 radical (unpaired) electrons. The van der Waals surface area contributed by atoms with E-state index < -0.39 is 0 Å². The summed E-state index contributed by atoms with van der Waals surface area (Å²) in [5.74, 6) is 0.610. The van der Waals surface area contributed by atoms with Crippen molar-refractivity contribution >= 4 is 27.3 Å². The molecule has 3 unspecified atom stereocenters. The van der Waals surface area contributed by atoms with E-state index in [1.807, 2.05) is 11.3 Å². The largest absolute Gasteiger partial charge is 0.327 e. The fraction of sp³-hybridized carbons (Fsp3) is 0.692. The van der Waals surface area contributed by atoms with Crippen LogP contribution in [0, 0.1) is 5.92 Å². The van der Waals surface area contributed by atoms with Gasteiger partial charge in [-0.15, -0.1) is 11.3 Å². The number of nitrogens with two attached hydrogens (primary N) is 1. The number of hydrogen-bond donors (Lipinski definition) is 1. The van der Waals surface area contributed by atoms with Gasteiger partial charge in [-0.1, -0.05) is 6.92 Å². The average Bonchev–Trinajstić information content (AvgIpc) is 2.71. The number of likely N-dealkylation sites (tertiary alicyclic amines) is 1. The molecule has 1 aromatic heterocycles. The van der Waals surface area contributed by atoms with Crippen molar-refractivity contribution in [2.24, 2.45) is 11.7 Å². The van der Waals surface area contributed by atoms with Gasteiger partial charge in [0.15, 0.2) is 0 Å². The molecule has 1 aliphatic rings. The highest BCUT2D eigenvalue weighted by Crippen LogP contribution is 2.25. The number of rotatable bonds is 3. The van der Waals surface area contributed by atoms with Crippen LogP contribution in [-0.4, -0.2) is 30.1 Å². The lowest BCUT2D eigenvalue weighted by Crippen LogP contribution is -2.52. The molecular formula is C13H21BrN2S. The second kappa shape index (κ2) is 5.83. The van der Waals surface area contributed by atoms with E-state index in [0.717, 1.165) is 25.9 Å². The summed E-state index contributed by atoms with van der Waals surface area (Å²) in [4.78, 5) is 4.05. The standard InChI is InChI=1S/C13H21BrN2S/c1-9-10(2)16(8-6-12(9)15)7-5-11-3-4-13(14)17-11/h3-4,9-10,12H,5-8,15H2,1-2H3. The highest BCUT2D eigenvalue weighted by molar-refractivity contribution is 9.11. The zero-order valence-corrected chi connectivity index (χ0v) is 12.9. The Morgan fingerprint density at radius 1 is 1.47 bits per heavy atom. The summed E-state index contributed by atoms with van der Waals surface area (Å²) in [5.41, 5.74) is 6.11. The Morgan fingerprint density at radius 2 is 2.24 bits per heavy atom. The third kappa shape index (κ3) is 3.31. The molecule has 1 aliphatic heterocycles. The highest BCUT2D eigenvalue weighted by Gasteiger charge is 2.29. The van der Waals surface area contributed by atoms with Crippen LogP contribution in [0.15, 0.2) is 15.9 Å². The van der Waals surface area contributed by atoms with Crippen molar-refractivity contribution in [2.45, 2.75) is 38.8 Å². The van der Waals surface area contributed by atoms with Crippen LogP contribution < -0.4 is 5.73 Å². The van der Waals surface area contributed by atoms with Crippen LogP contribution >= 0.6 is 27.3 Å². The van der Waals surface area contributed by atoms with Gasteiger partial charge >= 0.3 is 0 Å². The van der Waals surface area contributed by atoms with Crippen molar-refractivity contribution in [3.63, 3.8) is 0 Å². The zero-order chi connectivity index (χ0) is 12.4. The van der Waals surface area contributed by atoms with Gasteiger partial charge in [0.05, 0.1) is 3.79 Å². The van der Waals surface area contributed by atoms with Crippen LogP contribution in [0.25, 0.3) is 0 Å². The number of hydrogen-bond acceptors (Lipinski definition) is 3. The van der Waals surface area contributed by atoms with Gasteiger partial charge in [0, 0.05) is 23.5 Å². The van der Waals surface area contributed by atoms with E-state index in [1.54, 1.807) is 0 Å². The molecular weight excluding hydrogens is 296 g/mol. The van der Waals surface area contributed by atoms with E-state index in [1.165, 1.54) is 8.66 Å². The van der Waals surface area contributed by atoms with Crippen LogP contribution in [-0.2, 0) is 6.42 Å². The van der Waals surface area contributed by atoms with Gasteiger partial charge in [-0.3, -0.25) is 4.90 Å². The maximum atomic E-state index is 6.11. The molecule has 0 amide bonds. The lowest BCUT2D eigenvalue weighted by molar-refractivity contribution is 0.0995. The normalized spacial score (nSPS) is 30.7. The van der Waals surface area contributed by atoms with Crippen molar-refractivity contribution in [3.8, 4) is 0 Å². The van der Waals surface area contributed by atoms with E-state index in [4.69, 9.17) is 5.73 Å². The van der Waals surface area contributed by atoms with E-state index in [2.05, 4.69) is 46.8 Å². The lowest BCUT2D eigenvalue weighted by atomic mass is 9.87. The Morgan fingerprint density at radius 3 is 2.88 bits per heavy atom. The topological polar surface area (TPSA) is 29.3 Å². The van der Waals surface area contributed by atoms with Crippen molar-refractivity contribution in [1.82, 2.24) is 4.90 Å². The van der Waals surface area contributed by atoms with E-state index in [-0.39, 0.29) is 0 Å². The van der Waals surface area contributed by atoms with Crippen molar-refractivity contribution < 1.29 is 0 Å². The van der Waals surface area contributed by atoms with Crippen molar-refractivity contribution in [3.05, 3.63) is 20.8 Å². The van der Waals surface area contributed by atoms with Gasteiger partial charge in [-0.25, -0.2) is 0 Å². The summed E-state index contributed by atoms with van der Waals surface area (Å²) < 4.78 is 1.23. The molecule has 1 saturated heterocycles. The predicted octanol–water partition coefficient (Wildman–Crippen LogP) is 3.11. The highest BCUT2D eigenvalue weighted by atomic mass is 79.9. The molecule has 2 nitrogen and oxygen atoms in total. The molecule has 0 spiro atoms. The molecule has 96 valence electrons. The molecule has 17 heavy (non-hydrogen) atoms. The summed E-state index contributed by atoms with van der Waals surface area (Å²) in [7, 11) is 0. The van der Waals surface area contributed by atoms with Crippen LogP contribution in [0.3, 0.4) is 0 Å². The molecule has 0 aromatic carbocycles. The molecule has 3 atom stereocenters. The molecule has 1 aromatic rings. The molecule has 0 saturated carbocycles. The monoisotopic (exact) mass is 316 g/mol. The van der Waals surface area contributed by atoms with Gasteiger partial charge in [-0.05, 0) is 60.3 Å². The first-order valence-electron chi connectivity index (χ1n) is 6.32. The smallest absolute Gasteiger partial charge is 0.0701 e. The Kier molecular flexibility index (Phi) is 4.64. The minimum Gasteiger partial charge on any atom is -0.327 e. The van der Waals surface area contributed by atoms with Gasteiger partial charge in [0.2, 0.25) is 0 Å². The zero-order valence-electron chi connectivity index (χ0n) is 10.5. The minimum atomic E-state index is 0.386. The summed E-state index contributed by atoms with van der Waals surface area (Å²) >= 11 is 5.36. The number of piperidine rings is 1. The van der Waals surface area contributed by atoms with E-state index in [0.29, 0.717) is 18.0 Å². The maximum absolute atomic E-state index is 6.11. The SMILES string of the molecule is CC1C(N)CCN(CCc2ccc(Br)s2)C1C. The summed E-state index contributed by atoms with van der Waals surface area (Å²) in [6.07, 6.45) is 2.29. The maximum Gasteiger partial charge on any atom is 0.0701 e. The lowest BCUT2D eigenvalue weighted by Gasteiger charge is -2.41. The third-order valence-electron chi connectivity index (χ3n) is 4.04. The number of thiophene rings is 1. The van der Waals surface area contributed by atoms with Crippen molar-refractivity contribution in [1.29, 1.82) is 0 Å². The Bertz CT molecular complexity index is 366. The number of halogens is 1. The first kappa shape index (κ1) is 13.5. The predicted molar refractivity (Wildman–Crippen MR) is 78.5 cm³/mol. The quantitative estimate of drug-likeness (QED) is 0.928. The fourth-order valence-electron chi connectivity index (χ4n) is 2.53. The Balaban J connectivity index is 1.87. The summed E-state index contributed by atoms with van der Waals surface area (Å²) in [6, 6.07) is 5.36. The van der Waals surface area contributed by atoms with E-state index in [9.17, 15) is 0 Å².